The van der Waals surface area contributed by atoms with Gasteiger partial charge in [0.2, 0.25) is 15.9 Å². The number of carbonyl (C=O) groups is 1. The number of benzene rings is 1. The van der Waals surface area contributed by atoms with E-state index in [1.165, 1.54) is 18.3 Å². The Morgan fingerprint density at radius 1 is 1.33 bits per heavy atom. The maximum atomic E-state index is 12.6. The van der Waals surface area contributed by atoms with E-state index in [-0.39, 0.29) is 6.10 Å². The summed E-state index contributed by atoms with van der Waals surface area (Å²) in [6.07, 6.45) is 1.26. The molecule has 24 heavy (non-hydrogen) atoms. The van der Waals surface area contributed by atoms with Crippen molar-refractivity contribution in [3.05, 3.63) is 24.3 Å². The van der Waals surface area contributed by atoms with Crippen LogP contribution in [0.4, 0.5) is 5.69 Å². The number of thioether (sulfide) groups is 1. The van der Waals surface area contributed by atoms with Gasteiger partial charge in [0.15, 0.2) is 4.75 Å². The molecule has 2 aliphatic heterocycles. The first-order chi connectivity index (χ1) is 11.3. The van der Waals surface area contributed by atoms with Crippen molar-refractivity contribution < 1.29 is 17.9 Å². The minimum atomic E-state index is -3.65. The average molecular weight is 370 g/mol. The van der Waals surface area contributed by atoms with Crippen LogP contribution in [0.3, 0.4) is 0 Å². The predicted octanol–water partition coefficient (Wildman–Crippen LogP) is 1.93. The minimum absolute atomic E-state index is 0.261. The van der Waals surface area contributed by atoms with Crippen molar-refractivity contribution in [1.82, 2.24) is 4.31 Å². The molecule has 6 nitrogen and oxygen atoms in total. The summed E-state index contributed by atoms with van der Waals surface area (Å²) in [7, 11) is -2.13. The van der Waals surface area contributed by atoms with Crippen LogP contribution in [0.2, 0.25) is 0 Å². The molecule has 1 aromatic rings. The number of nitrogens with zero attached hydrogens (tertiary/aromatic N) is 1. The second kappa shape index (κ2) is 6.57. The molecule has 1 aromatic carbocycles. The van der Waals surface area contributed by atoms with Crippen molar-refractivity contribution in [2.45, 2.75) is 30.6 Å². The van der Waals surface area contributed by atoms with Crippen LogP contribution in [0, 0.1) is 0 Å². The van der Waals surface area contributed by atoms with Crippen LogP contribution >= 0.6 is 11.8 Å². The Kier molecular flexibility index (Phi) is 4.81. The van der Waals surface area contributed by atoms with Crippen molar-refractivity contribution in [2.75, 3.05) is 30.4 Å². The number of hydrogen-bond acceptors (Lipinski definition) is 5. The molecule has 1 unspecified atom stereocenters. The van der Waals surface area contributed by atoms with E-state index in [2.05, 4.69) is 5.32 Å². The highest BCUT2D eigenvalue weighted by molar-refractivity contribution is 8.00. The van der Waals surface area contributed by atoms with Gasteiger partial charge in [-0.3, -0.25) is 4.79 Å². The number of carbonyl (C=O) groups excluding carboxylic acids is 1. The van der Waals surface area contributed by atoms with Gasteiger partial charge in [-0.1, -0.05) is 0 Å². The molecule has 1 atom stereocenters. The number of ether oxygens (including phenoxy) is 1. The molecule has 0 bridgehead atoms. The summed E-state index contributed by atoms with van der Waals surface area (Å²) in [6.45, 7) is 1.95. The lowest BCUT2D eigenvalue weighted by Crippen LogP contribution is -2.56. The third-order valence-corrected chi connectivity index (χ3v) is 8.36. The fourth-order valence-electron chi connectivity index (χ4n) is 2.82. The number of rotatable bonds is 4. The third kappa shape index (κ3) is 3.14. The second-order valence-electron chi connectivity index (χ2n) is 6.42. The summed E-state index contributed by atoms with van der Waals surface area (Å²) in [5.41, 5.74) is 0.569. The minimum Gasteiger partial charge on any atom is -0.489 e. The first kappa shape index (κ1) is 17.6. The molecule has 2 heterocycles. The van der Waals surface area contributed by atoms with Crippen molar-refractivity contribution in [1.29, 1.82) is 0 Å². The molecule has 0 radical (unpaired) electrons. The summed E-state index contributed by atoms with van der Waals surface area (Å²) in [4.78, 5) is 12.6. The molecule has 8 heteroatoms. The normalized spacial score (nSPS) is 27.2. The summed E-state index contributed by atoms with van der Waals surface area (Å²) in [5, 5.41) is 2.73. The van der Waals surface area contributed by atoms with Crippen molar-refractivity contribution in [2.24, 2.45) is 0 Å². The highest BCUT2D eigenvalue weighted by Gasteiger charge is 2.50. The molecule has 0 aliphatic carbocycles. The molecule has 1 N–H and O–H groups in total. The Morgan fingerprint density at radius 3 is 2.58 bits per heavy atom. The van der Waals surface area contributed by atoms with Gasteiger partial charge in [-0.15, -0.1) is 0 Å². The molecule has 1 amide bonds. The van der Waals surface area contributed by atoms with Crippen LogP contribution in [-0.4, -0.2) is 54.6 Å². The molecule has 3 rings (SSSR count). The summed E-state index contributed by atoms with van der Waals surface area (Å²) < 4.78 is 30.6. The van der Waals surface area contributed by atoms with E-state index in [1.807, 2.05) is 11.8 Å². The highest BCUT2D eigenvalue weighted by Crippen LogP contribution is 2.32. The number of nitrogens with one attached hydrogen (secondary N) is 1. The second-order valence-corrected chi connectivity index (χ2v) is 9.97. The van der Waals surface area contributed by atoms with Crippen molar-refractivity contribution >= 4 is 33.4 Å². The SMILES string of the molecule is CN1CCCC(C)(C(=O)Nc2ccc(OC3CSC3)cc2)S1(=O)=O. The predicted molar refractivity (Wildman–Crippen MR) is 96.0 cm³/mol. The number of sulfonamides is 1. The molecule has 0 spiro atoms. The molecular formula is C16H22N2O4S2. The molecule has 2 saturated heterocycles. The fourth-order valence-corrected chi connectivity index (χ4v) is 5.13. The van der Waals surface area contributed by atoms with E-state index in [9.17, 15) is 13.2 Å². The monoisotopic (exact) mass is 370 g/mol. The van der Waals surface area contributed by atoms with Gasteiger partial charge in [0.05, 0.1) is 0 Å². The van der Waals surface area contributed by atoms with E-state index in [1.54, 1.807) is 24.3 Å². The Morgan fingerprint density at radius 2 is 2.00 bits per heavy atom. The maximum Gasteiger partial charge on any atom is 0.246 e. The van der Waals surface area contributed by atoms with Gasteiger partial charge in [0.25, 0.3) is 0 Å². The van der Waals surface area contributed by atoms with Crippen LogP contribution in [0.15, 0.2) is 24.3 Å². The van der Waals surface area contributed by atoms with Crippen LogP contribution in [0.5, 0.6) is 5.75 Å². The fraction of sp³-hybridized carbons (Fsp3) is 0.562. The van der Waals surface area contributed by atoms with Gasteiger partial charge in [-0.2, -0.15) is 11.8 Å². The Labute approximate surface area is 147 Å². The summed E-state index contributed by atoms with van der Waals surface area (Å²) in [5.74, 6) is 2.28. The number of anilines is 1. The largest absolute Gasteiger partial charge is 0.489 e. The van der Waals surface area contributed by atoms with Crippen molar-refractivity contribution in [3.63, 3.8) is 0 Å². The standard InChI is InChI=1S/C16H22N2O4S2/c1-16(8-3-9-18(2)24(16,20)21)15(19)17-12-4-6-13(7-5-12)22-14-10-23-11-14/h4-7,14H,3,8-11H2,1-2H3,(H,17,19). The molecule has 0 saturated carbocycles. The van der Waals surface area contributed by atoms with Crippen LogP contribution in [0.1, 0.15) is 19.8 Å². The number of hydrogen-bond donors (Lipinski definition) is 1. The lowest BCUT2D eigenvalue weighted by Gasteiger charge is -2.36. The molecule has 2 aliphatic rings. The van der Waals surface area contributed by atoms with Crippen LogP contribution in [0.25, 0.3) is 0 Å². The average Bonchev–Trinajstić information content (AvgIpc) is 2.50. The topological polar surface area (TPSA) is 75.7 Å². The van der Waals surface area contributed by atoms with Crippen molar-refractivity contribution in [3.8, 4) is 5.75 Å². The van der Waals surface area contributed by atoms with Gasteiger partial charge in [-0.25, -0.2) is 12.7 Å². The van der Waals surface area contributed by atoms with Gasteiger partial charge in [0.1, 0.15) is 11.9 Å². The summed E-state index contributed by atoms with van der Waals surface area (Å²) in [6, 6.07) is 7.06. The van der Waals surface area contributed by atoms with E-state index in [4.69, 9.17) is 4.74 Å². The first-order valence-electron chi connectivity index (χ1n) is 7.95. The van der Waals surface area contributed by atoms with E-state index in [0.29, 0.717) is 25.1 Å². The van der Waals surface area contributed by atoms with Crippen LogP contribution in [-0.2, 0) is 14.8 Å². The zero-order valence-corrected chi connectivity index (χ0v) is 15.5. The zero-order valence-electron chi connectivity index (χ0n) is 13.8. The third-order valence-electron chi connectivity index (χ3n) is 4.61. The van der Waals surface area contributed by atoms with Gasteiger partial charge >= 0.3 is 0 Å². The van der Waals surface area contributed by atoms with Gasteiger partial charge < -0.3 is 10.1 Å². The molecule has 2 fully saturated rings. The van der Waals surface area contributed by atoms with E-state index in [0.717, 1.165) is 17.3 Å². The molecule has 0 aromatic heterocycles. The molecular weight excluding hydrogens is 348 g/mol. The quantitative estimate of drug-likeness (QED) is 0.876. The van der Waals surface area contributed by atoms with Gasteiger partial charge in [0, 0.05) is 30.8 Å². The smallest absolute Gasteiger partial charge is 0.246 e. The Hall–Kier alpha value is -1.25. The molecule has 132 valence electrons. The maximum absolute atomic E-state index is 12.6. The first-order valence-corrected chi connectivity index (χ1v) is 10.5. The van der Waals surface area contributed by atoms with Crippen LogP contribution < -0.4 is 10.1 Å². The zero-order chi connectivity index (χ0) is 17.4. The van der Waals surface area contributed by atoms with E-state index < -0.39 is 20.7 Å². The lowest BCUT2D eigenvalue weighted by molar-refractivity contribution is -0.118. The Balaban J connectivity index is 1.69. The van der Waals surface area contributed by atoms with Gasteiger partial charge in [-0.05, 0) is 44.0 Å². The summed E-state index contributed by atoms with van der Waals surface area (Å²) >= 11 is 1.85. The number of amides is 1. The Bertz CT molecular complexity index is 716. The highest BCUT2D eigenvalue weighted by atomic mass is 32.2. The lowest BCUT2D eigenvalue weighted by atomic mass is 10.0. The van der Waals surface area contributed by atoms with E-state index >= 15 is 0 Å².